The van der Waals surface area contributed by atoms with Crippen LogP contribution in [0.15, 0.2) is 41.3 Å². The van der Waals surface area contributed by atoms with Crippen molar-refractivity contribution in [2.75, 3.05) is 33.6 Å². The molecule has 0 atom stereocenters. The Balaban J connectivity index is 1.58. The van der Waals surface area contributed by atoms with Crippen molar-refractivity contribution in [3.8, 4) is 11.5 Å². The zero-order valence-corrected chi connectivity index (χ0v) is 18.5. The van der Waals surface area contributed by atoms with Crippen molar-refractivity contribution in [2.24, 2.45) is 0 Å². The zero-order valence-electron chi connectivity index (χ0n) is 16.9. The molecule has 0 radical (unpaired) electrons. The molecule has 0 unspecified atom stereocenters. The minimum atomic E-state index is -3.70. The van der Waals surface area contributed by atoms with Crippen molar-refractivity contribution < 1.29 is 27.4 Å². The van der Waals surface area contributed by atoms with Gasteiger partial charge in [0.15, 0.2) is 11.5 Å². The Labute approximate surface area is 185 Å². The van der Waals surface area contributed by atoms with Gasteiger partial charge in [-0.1, -0.05) is 17.7 Å². The Bertz CT molecular complexity index is 1100. The van der Waals surface area contributed by atoms with Gasteiger partial charge in [-0.2, -0.15) is 0 Å². The van der Waals surface area contributed by atoms with E-state index in [1.54, 1.807) is 0 Å². The van der Waals surface area contributed by atoms with E-state index in [1.165, 1.54) is 25.2 Å². The summed E-state index contributed by atoms with van der Waals surface area (Å²) in [5.41, 5.74) is 0.777. The lowest BCUT2D eigenvalue weighted by Crippen LogP contribution is -2.44. The number of hydrogen-bond donors (Lipinski definition) is 2. The number of carbonyl (C=O) groups is 1. The second kappa shape index (κ2) is 8.66. The summed E-state index contributed by atoms with van der Waals surface area (Å²) < 4.78 is 42.9. The van der Waals surface area contributed by atoms with Crippen molar-refractivity contribution in [3.63, 3.8) is 0 Å². The van der Waals surface area contributed by atoms with Gasteiger partial charge in [0, 0.05) is 25.2 Å². The zero-order chi connectivity index (χ0) is 22.1. The molecule has 8 nitrogen and oxygen atoms in total. The molecule has 2 aromatic rings. The Morgan fingerprint density at radius 3 is 2.58 bits per heavy atom. The van der Waals surface area contributed by atoms with Crippen LogP contribution in [0.4, 0.5) is 0 Å². The third kappa shape index (κ3) is 4.36. The number of nitrogens with one attached hydrogen (secondary N) is 2. The van der Waals surface area contributed by atoms with Crippen molar-refractivity contribution in [3.05, 3.63) is 52.5 Å². The van der Waals surface area contributed by atoms with Gasteiger partial charge in [-0.05, 0) is 55.8 Å². The summed E-state index contributed by atoms with van der Waals surface area (Å²) in [6.07, 6.45) is 1.43. The molecule has 0 aliphatic carbocycles. The van der Waals surface area contributed by atoms with Crippen LogP contribution in [0, 0.1) is 0 Å². The molecule has 0 aromatic heterocycles. The molecule has 1 amide bonds. The average Bonchev–Trinajstić information content (AvgIpc) is 3.26. The summed E-state index contributed by atoms with van der Waals surface area (Å²) in [6, 6.07) is 9.85. The van der Waals surface area contributed by atoms with Gasteiger partial charge >= 0.3 is 0 Å². The van der Waals surface area contributed by atoms with Crippen LogP contribution in [0.1, 0.15) is 28.8 Å². The molecule has 4 rings (SSSR count). The lowest BCUT2D eigenvalue weighted by atomic mass is 9.74. The Kier molecular flexibility index (Phi) is 6.11. The molecular weight excluding hydrogens is 444 g/mol. The van der Waals surface area contributed by atoms with E-state index in [-0.39, 0.29) is 27.7 Å². The lowest BCUT2D eigenvalue weighted by molar-refractivity contribution is 0.0486. The van der Waals surface area contributed by atoms with Crippen LogP contribution in [0.3, 0.4) is 0 Å². The number of ether oxygens (including phenoxy) is 3. The maximum absolute atomic E-state index is 12.9. The summed E-state index contributed by atoms with van der Waals surface area (Å²) in [6.45, 7) is 1.67. The van der Waals surface area contributed by atoms with E-state index in [1.807, 2.05) is 18.2 Å². The number of rotatable bonds is 6. The van der Waals surface area contributed by atoms with E-state index in [4.69, 9.17) is 25.8 Å². The fourth-order valence-corrected chi connectivity index (χ4v) is 4.82. The third-order valence-electron chi connectivity index (χ3n) is 5.78. The van der Waals surface area contributed by atoms with Crippen LogP contribution < -0.4 is 19.5 Å². The van der Waals surface area contributed by atoms with Crippen LogP contribution >= 0.6 is 11.6 Å². The highest BCUT2D eigenvalue weighted by atomic mass is 35.5. The van der Waals surface area contributed by atoms with E-state index >= 15 is 0 Å². The van der Waals surface area contributed by atoms with E-state index < -0.39 is 15.9 Å². The minimum absolute atomic E-state index is 0.0268. The molecule has 10 heteroatoms. The molecule has 2 heterocycles. The number of fused-ring (bicyclic) bond motifs is 1. The normalized spacial score (nSPS) is 17.4. The highest BCUT2D eigenvalue weighted by molar-refractivity contribution is 7.89. The summed E-state index contributed by atoms with van der Waals surface area (Å²) in [5, 5.41) is 3.12. The van der Waals surface area contributed by atoms with Crippen molar-refractivity contribution in [1.29, 1.82) is 0 Å². The van der Waals surface area contributed by atoms with E-state index in [2.05, 4.69) is 10.0 Å². The van der Waals surface area contributed by atoms with Gasteiger partial charge in [0.05, 0.1) is 15.5 Å². The quantitative estimate of drug-likeness (QED) is 0.678. The topological polar surface area (TPSA) is 103 Å². The van der Waals surface area contributed by atoms with Gasteiger partial charge < -0.3 is 19.5 Å². The molecule has 2 N–H and O–H groups in total. The standard InChI is InChI=1S/C21H23ClN2O6S/c1-23-31(26,27)15-3-4-17(22)16(11-15)20(25)24-12-21(6-8-28-9-7-21)14-2-5-18-19(10-14)30-13-29-18/h2-5,10-11,23H,6-9,12-13H2,1H3,(H,24,25). The second-order valence-electron chi connectivity index (χ2n) is 7.49. The summed E-state index contributed by atoms with van der Waals surface area (Å²) in [4.78, 5) is 12.9. The first-order valence-electron chi connectivity index (χ1n) is 9.84. The van der Waals surface area contributed by atoms with Gasteiger partial charge in [-0.3, -0.25) is 4.79 Å². The molecule has 2 aliphatic heterocycles. The Morgan fingerprint density at radius 2 is 1.84 bits per heavy atom. The fourth-order valence-electron chi connectivity index (χ4n) is 3.86. The molecule has 166 valence electrons. The highest BCUT2D eigenvalue weighted by Gasteiger charge is 2.36. The first-order valence-corrected chi connectivity index (χ1v) is 11.7. The predicted molar refractivity (Wildman–Crippen MR) is 114 cm³/mol. The lowest BCUT2D eigenvalue weighted by Gasteiger charge is -2.38. The Morgan fingerprint density at radius 1 is 1.10 bits per heavy atom. The number of sulfonamides is 1. The van der Waals surface area contributed by atoms with Crippen molar-refractivity contribution >= 4 is 27.5 Å². The monoisotopic (exact) mass is 466 g/mol. The van der Waals surface area contributed by atoms with Crippen LogP contribution in [-0.4, -0.2) is 47.9 Å². The fraction of sp³-hybridized carbons (Fsp3) is 0.381. The van der Waals surface area contributed by atoms with Crippen LogP contribution in [-0.2, 0) is 20.2 Å². The highest BCUT2D eigenvalue weighted by Crippen LogP contribution is 2.40. The number of hydrogen-bond acceptors (Lipinski definition) is 6. The minimum Gasteiger partial charge on any atom is -0.454 e. The number of halogens is 1. The van der Waals surface area contributed by atoms with Gasteiger partial charge in [0.1, 0.15) is 0 Å². The largest absolute Gasteiger partial charge is 0.454 e. The molecule has 31 heavy (non-hydrogen) atoms. The van der Waals surface area contributed by atoms with E-state index in [0.717, 1.165) is 18.4 Å². The molecule has 2 aliphatic rings. The average molecular weight is 467 g/mol. The van der Waals surface area contributed by atoms with Crippen LogP contribution in [0.2, 0.25) is 5.02 Å². The summed E-state index contributed by atoms with van der Waals surface area (Å²) >= 11 is 6.20. The van der Waals surface area contributed by atoms with E-state index in [9.17, 15) is 13.2 Å². The SMILES string of the molecule is CNS(=O)(=O)c1ccc(Cl)c(C(=O)NCC2(c3ccc4c(c3)OCO4)CCOCC2)c1. The van der Waals surface area contributed by atoms with Gasteiger partial charge in [0.2, 0.25) is 16.8 Å². The molecule has 1 saturated heterocycles. The van der Waals surface area contributed by atoms with Crippen molar-refractivity contribution in [1.82, 2.24) is 10.0 Å². The van der Waals surface area contributed by atoms with Gasteiger partial charge in [0.25, 0.3) is 5.91 Å². The molecule has 0 spiro atoms. The maximum Gasteiger partial charge on any atom is 0.252 e. The Hall–Kier alpha value is -2.33. The molecule has 0 bridgehead atoms. The van der Waals surface area contributed by atoms with Crippen LogP contribution in [0.25, 0.3) is 0 Å². The predicted octanol–water partition coefficient (Wildman–Crippen LogP) is 2.46. The summed E-state index contributed by atoms with van der Waals surface area (Å²) in [5.74, 6) is 0.941. The van der Waals surface area contributed by atoms with E-state index in [0.29, 0.717) is 31.3 Å². The molecular formula is C21H23ClN2O6S. The molecule has 1 fully saturated rings. The number of carbonyl (C=O) groups excluding carboxylic acids is 1. The smallest absolute Gasteiger partial charge is 0.252 e. The first kappa shape index (κ1) is 21.9. The van der Waals surface area contributed by atoms with Crippen LogP contribution in [0.5, 0.6) is 11.5 Å². The summed E-state index contributed by atoms with van der Waals surface area (Å²) in [7, 11) is -2.39. The van der Waals surface area contributed by atoms with Crippen molar-refractivity contribution in [2.45, 2.75) is 23.2 Å². The molecule has 0 saturated carbocycles. The van der Waals surface area contributed by atoms with Gasteiger partial charge in [-0.15, -0.1) is 0 Å². The molecule has 2 aromatic carbocycles. The first-order chi connectivity index (χ1) is 14.8. The number of amides is 1. The number of benzene rings is 2. The second-order valence-corrected chi connectivity index (χ2v) is 9.79. The van der Waals surface area contributed by atoms with Gasteiger partial charge in [-0.25, -0.2) is 13.1 Å². The maximum atomic E-state index is 12.9. The third-order valence-corrected chi connectivity index (χ3v) is 7.53.